The van der Waals surface area contributed by atoms with Crippen molar-refractivity contribution in [2.45, 2.75) is 0 Å². The normalized spacial score (nSPS) is 9.30. The second-order valence-corrected chi connectivity index (χ2v) is 3.40. The highest BCUT2D eigenvalue weighted by Crippen LogP contribution is 2.06. The highest BCUT2D eigenvalue weighted by Gasteiger charge is 2.22. The zero-order valence-corrected chi connectivity index (χ0v) is 9.64. The molecule has 0 saturated carbocycles. The fourth-order valence-electron chi connectivity index (χ4n) is 1.46. The van der Waals surface area contributed by atoms with Crippen LogP contribution in [0.2, 0.25) is 0 Å². The summed E-state index contributed by atoms with van der Waals surface area (Å²) in [5.41, 5.74) is 3.22. The minimum atomic E-state index is -1.93. The average Bonchev–Trinajstić information content (AvgIpc) is 2.46. The van der Waals surface area contributed by atoms with E-state index in [-0.39, 0.29) is 0 Å². The molecule has 0 aliphatic heterocycles. The zero-order chi connectivity index (χ0) is 15.4. The van der Waals surface area contributed by atoms with Gasteiger partial charge in [0.05, 0.1) is 22.1 Å². The number of rotatable bonds is 1. The number of nitrogens with zero attached hydrogens (tertiary/aromatic N) is 3. The van der Waals surface area contributed by atoms with Crippen LogP contribution in [-0.4, -0.2) is 6.54 Å². The quantitative estimate of drug-likeness (QED) is 0.581. The van der Waals surface area contributed by atoms with Gasteiger partial charge in [-0.2, -0.15) is 15.8 Å². The molecule has 0 heterocycles. The summed E-state index contributed by atoms with van der Waals surface area (Å²) < 4.78 is 54.8. The number of halogens is 4. The van der Waals surface area contributed by atoms with E-state index >= 15 is 0 Å². The Kier molecular flexibility index (Phi) is 4.42. The highest BCUT2D eigenvalue weighted by molar-refractivity contribution is 5.73. The molecule has 0 atom stereocenters. The molecule has 0 bridgehead atoms. The van der Waals surface area contributed by atoms with E-state index in [4.69, 9.17) is 21.5 Å². The topological polar surface area (TPSA) is 97.4 Å². The molecule has 100 valence electrons. The Morgan fingerprint density at radius 2 is 1.20 bits per heavy atom. The highest BCUT2D eigenvalue weighted by atomic mass is 19.2. The van der Waals surface area contributed by atoms with E-state index in [0.29, 0.717) is 0 Å². The SMILES string of the molecule is N#CC(C#N)=c1c(F)c(F)c(=C(C#N)CN)c(F)c1F. The monoisotopic (exact) mass is 280 g/mol. The fraction of sp³-hybridized carbons (Fsp3) is 0.0833. The van der Waals surface area contributed by atoms with Gasteiger partial charge in [-0.1, -0.05) is 0 Å². The van der Waals surface area contributed by atoms with Gasteiger partial charge in [0.2, 0.25) is 0 Å². The van der Waals surface area contributed by atoms with E-state index < -0.39 is 51.4 Å². The zero-order valence-electron chi connectivity index (χ0n) is 9.64. The third-order valence-electron chi connectivity index (χ3n) is 2.38. The van der Waals surface area contributed by atoms with Crippen molar-refractivity contribution < 1.29 is 17.6 Å². The molecule has 1 rings (SSSR count). The van der Waals surface area contributed by atoms with Crippen LogP contribution in [0.5, 0.6) is 0 Å². The van der Waals surface area contributed by atoms with Gasteiger partial charge in [0, 0.05) is 6.54 Å². The van der Waals surface area contributed by atoms with E-state index in [0.717, 1.165) is 12.1 Å². The fourth-order valence-corrected chi connectivity index (χ4v) is 1.46. The van der Waals surface area contributed by atoms with E-state index in [2.05, 4.69) is 0 Å². The Morgan fingerprint density at radius 1 is 0.800 bits per heavy atom. The molecule has 0 aromatic heterocycles. The Labute approximate surface area is 109 Å². The lowest BCUT2D eigenvalue weighted by molar-refractivity contribution is 0.434. The molecule has 0 amide bonds. The van der Waals surface area contributed by atoms with E-state index in [1.807, 2.05) is 0 Å². The number of nitriles is 3. The van der Waals surface area contributed by atoms with Crippen molar-refractivity contribution in [3.63, 3.8) is 0 Å². The summed E-state index contributed by atoms with van der Waals surface area (Å²) in [6.45, 7) is -0.643. The van der Waals surface area contributed by atoms with Gasteiger partial charge >= 0.3 is 0 Å². The first-order valence-corrected chi connectivity index (χ1v) is 4.94. The first-order valence-electron chi connectivity index (χ1n) is 4.94. The number of hydrogen-bond acceptors (Lipinski definition) is 4. The molecule has 0 saturated heterocycles. The van der Waals surface area contributed by atoms with Crippen molar-refractivity contribution in [2.75, 3.05) is 6.54 Å². The predicted molar refractivity (Wildman–Crippen MR) is 58.2 cm³/mol. The lowest BCUT2D eigenvalue weighted by Gasteiger charge is -2.03. The van der Waals surface area contributed by atoms with Gasteiger partial charge in [-0.25, -0.2) is 17.6 Å². The standard InChI is InChI=1S/C12H4F4N4/c13-9-7(5(1-17)2-18)10(14)12(16)8(11(9)15)6(3-19)4-20/h1,17H2. The van der Waals surface area contributed by atoms with Gasteiger partial charge in [0.25, 0.3) is 0 Å². The van der Waals surface area contributed by atoms with Gasteiger partial charge in [-0.3, -0.25) is 0 Å². The third-order valence-corrected chi connectivity index (χ3v) is 2.38. The molecule has 0 aliphatic rings. The number of nitrogens with two attached hydrogens (primary N) is 1. The van der Waals surface area contributed by atoms with E-state index in [1.54, 1.807) is 0 Å². The maximum absolute atomic E-state index is 13.7. The molecule has 2 N–H and O–H groups in total. The first-order chi connectivity index (χ1) is 9.44. The van der Waals surface area contributed by atoms with Crippen LogP contribution in [0.1, 0.15) is 0 Å². The molecule has 8 heteroatoms. The van der Waals surface area contributed by atoms with Gasteiger partial charge in [0.1, 0.15) is 17.7 Å². The molecule has 1 aromatic carbocycles. The lowest BCUT2D eigenvalue weighted by atomic mass is 10.1. The van der Waals surface area contributed by atoms with Gasteiger partial charge < -0.3 is 5.73 Å². The molecule has 4 nitrogen and oxygen atoms in total. The Hall–Kier alpha value is -2.89. The summed E-state index contributed by atoms with van der Waals surface area (Å²) in [4.78, 5) is 0. The summed E-state index contributed by atoms with van der Waals surface area (Å²) in [6, 6.07) is 3.58. The predicted octanol–water partition coefficient (Wildman–Crippen LogP) is 0.0738. The minimum Gasteiger partial charge on any atom is -0.326 e. The van der Waals surface area contributed by atoms with Gasteiger partial charge in [-0.05, 0) is 0 Å². The van der Waals surface area contributed by atoms with Crippen LogP contribution in [0.25, 0.3) is 11.1 Å². The van der Waals surface area contributed by atoms with Crippen LogP contribution in [0.3, 0.4) is 0 Å². The van der Waals surface area contributed by atoms with E-state index in [9.17, 15) is 17.6 Å². The van der Waals surface area contributed by atoms with Crippen molar-refractivity contribution in [1.29, 1.82) is 15.8 Å². The van der Waals surface area contributed by atoms with Crippen LogP contribution in [0.4, 0.5) is 17.6 Å². The molecular formula is C12H4F4N4. The molecule has 0 radical (unpaired) electrons. The van der Waals surface area contributed by atoms with Crippen molar-refractivity contribution in [3.8, 4) is 18.2 Å². The molecule has 20 heavy (non-hydrogen) atoms. The van der Waals surface area contributed by atoms with Crippen LogP contribution in [-0.2, 0) is 0 Å². The summed E-state index contributed by atoms with van der Waals surface area (Å²) >= 11 is 0. The van der Waals surface area contributed by atoms with Gasteiger partial charge in [-0.15, -0.1) is 0 Å². The van der Waals surface area contributed by atoms with E-state index in [1.165, 1.54) is 6.07 Å². The summed E-state index contributed by atoms with van der Waals surface area (Å²) in [6.07, 6.45) is 0. The smallest absolute Gasteiger partial charge is 0.171 e. The average molecular weight is 280 g/mol. The molecule has 0 unspecified atom stereocenters. The third kappa shape index (κ3) is 2.18. The van der Waals surface area contributed by atoms with Crippen molar-refractivity contribution in [3.05, 3.63) is 33.7 Å². The molecular weight excluding hydrogens is 276 g/mol. The Bertz CT molecular complexity index is 770. The van der Waals surface area contributed by atoms with Crippen LogP contribution in [0.15, 0.2) is 0 Å². The summed E-state index contributed by atoms with van der Waals surface area (Å²) in [7, 11) is 0. The van der Waals surface area contributed by atoms with Crippen molar-refractivity contribution in [2.24, 2.45) is 5.73 Å². The molecule has 1 aromatic rings. The minimum absolute atomic E-state index is 0.643. The Balaban J connectivity index is 4.27. The van der Waals surface area contributed by atoms with Crippen LogP contribution < -0.4 is 16.2 Å². The lowest BCUT2D eigenvalue weighted by Crippen LogP contribution is -2.32. The van der Waals surface area contributed by atoms with Crippen LogP contribution >= 0.6 is 0 Å². The molecule has 0 fully saturated rings. The first kappa shape index (κ1) is 15.2. The summed E-state index contributed by atoms with van der Waals surface area (Å²) in [5.74, 6) is -7.64. The largest absolute Gasteiger partial charge is 0.326 e. The Morgan fingerprint density at radius 3 is 1.50 bits per heavy atom. The number of benzene rings is 1. The van der Waals surface area contributed by atoms with Crippen LogP contribution in [0, 0.1) is 57.3 Å². The van der Waals surface area contributed by atoms with Crippen molar-refractivity contribution >= 4 is 11.1 Å². The molecule has 0 spiro atoms. The maximum atomic E-state index is 13.7. The summed E-state index contributed by atoms with van der Waals surface area (Å²) in [5, 5.41) is 23.0. The van der Waals surface area contributed by atoms with Crippen molar-refractivity contribution in [1.82, 2.24) is 0 Å². The maximum Gasteiger partial charge on any atom is 0.171 e. The second kappa shape index (κ2) is 5.83. The van der Waals surface area contributed by atoms with Gasteiger partial charge in [0.15, 0.2) is 23.3 Å². The second-order valence-electron chi connectivity index (χ2n) is 3.40. The number of hydrogen-bond donors (Lipinski definition) is 1. The molecule has 0 aliphatic carbocycles.